The summed E-state index contributed by atoms with van der Waals surface area (Å²) in [6.07, 6.45) is 0. The molecule has 1 aromatic heterocycles. The van der Waals surface area contributed by atoms with E-state index < -0.39 is 0 Å². The molecule has 0 saturated heterocycles. The number of fused-ring (bicyclic) bond motifs is 8. The van der Waals surface area contributed by atoms with Crippen molar-refractivity contribution in [1.82, 2.24) is 0 Å². The molecule has 9 rings (SSSR count). The van der Waals surface area contributed by atoms with Crippen molar-refractivity contribution in [1.29, 1.82) is 0 Å². The number of benzene rings is 7. The molecule has 0 nitrogen and oxygen atoms in total. The summed E-state index contributed by atoms with van der Waals surface area (Å²) in [5, 5.41) is 7.94. The molecule has 0 atom stereocenters. The van der Waals surface area contributed by atoms with E-state index in [1.807, 2.05) is 11.3 Å². The molecule has 0 N–H and O–H groups in total. The van der Waals surface area contributed by atoms with Gasteiger partial charge < -0.3 is 0 Å². The summed E-state index contributed by atoms with van der Waals surface area (Å²) in [7, 11) is 0. The SMILES string of the molecule is CC1(C)c2cc(-c3c4ccccc4c(-c4ccccc4)c4ccccc34)ccc2-c2cc3sc4ccccc4c3cc21. The maximum atomic E-state index is 2.48. The molecule has 0 fully saturated rings. The van der Waals surface area contributed by atoms with Crippen LogP contribution in [0.3, 0.4) is 0 Å². The summed E-state index contributed by atoms with van der Waals surface area (Å²) in [5.41, 5.74) is 10.7. The molecule has 198 valence electrons. The van der Waals surface area contributed by atoms with Crippen molar-refractivity contribution in [3.05, 3.63) is 145 Å². The number of rotatable bonds is 2. The summed E-state index contributed by atoms with van der Waals surface area (Å²) in [6, 6.07) is 49.7. The molecule has 0 saturated carbocycles. The van der Waals surface area contributed by atoms with Gasteiger partial charge in [-0.3, -0.25) is 0 Å². The quantitative estimate of drug-likeness (QED) is 0.187. The van der Waals surface area contributed by atoms with Gasteiger partial charge in [0, 0.05) is 25.6 Å². The zero-order valence-electron chi connectivity index (χ0n) is 23.6. The molecule has 7 aromatic carbocycles. The molecule has 1 aliphatic rings. The van der Waals surface area contributed by atoms with E-state index in [2.05, 4.69) is 147 Å². The van der Waals surface area contributed by atoms with Crippen molar-refractivity contribution in [3.8, 4) is 33.4 Å². The predicted octanol–water partition coefficient (Wildman–Crippen LogP) is 12.0. The molecule has 42 heavy (non-hydrogen) atoms. The summed E-state index contributed by atoms with van der Waals surface area (Å²) in [4.78, 5) is 0. The largest absolute Gasteiger partial charge is 0.135 e. The molecule has 0 aliphatic heterocycles. The lowest BCUT2D eigenvalue weighted by Crippen LogP contribution is -2.15. The Balaban J connectivity index is 1.31. The van der Waals surface area contributed by atoms with Crippen LogP contribution < -0.4 is 0 Å². The Morgan fingerprint density at radius 3 is 1.62 bits per heavy atom. The van der Waals surface area contributed by atoms with E-state index in [0.29, 0.717) is 0 Å². The molecular weight excluding hydrogens is 525 g/mol. The Hall–Kier alpha value is -4.72. The zero-order chi connectivity index (χ0) is 28.0. The Kier molecular flexibility index (Phi) is 4.93. The van der Waals surface area contributed by atoms with Crippen LogP contribution in [0.1, 0.15) is 25.0 Å². The van der Waals surface area contributed by atoms with Gasteiger partial charge >= 0.3 is 0 Å². The monoisotopic (exact) mass is 552 g/mol. The first-order valence-electron chi connectivity index (χ1n) is 14.7. The van der Waals surface area contributed by atoms with Crippen LogP contribution in [0.4, 0.5) is 0 Å². The molecular formula is C41H28S. The van der Waals surface area contributed by atoms with Crippen LogP contribution >= 0.6 is 11.3 Å². The van der Waals surface area contributed by atoms with Gasteiger partial charge in [0.1, 0.15) is 0 Å². The second-order valence-electron chi connectivity index (χ2n) is 12.1. The van der Waals surface area contributed by atoms with Gasteiger partial charge in [-0.05, 0) is 90.3 Å². The lowest BCUT2D eigenvalue weighted by molar-refractivity contribution is 0.661. The highest BCUT2D eigenvalue weighted by Gasteiger charge is 2.36. The molecule has 1 aliphatic carbocycles. The minimum Gasteiger partial charge on any atom is -0.135 e. The summed E-state index contributed by atoms with van der Waals surface area (Å²) < 4.78 is 2.73. The highest BCUT2D eigenvalue weighted by atomic mass is 32.1. The van der Waals surface area contributed by atoms with Crippen molar-refractivity contribution < 1.29 is 0 Å². The van der Waals surface area contributed by atoms with E-state index in [9.17, 15) is 0 Å². The third kappa shape index (κ3) is 3.23. The van der Waals surface area contributed by atoms with Crippen molar-refractivity contribution in [2.45, 2.75) is 19.3 Å². The molecule has 0 amide bonds. The summed E-state index contributed by atoms with van der Waals surface area (Å²) in [5.74, 6) is 0. The van der Waals surface area contributed by atoms with Gasteiger partial charge in [-0.25, -0.2) is 0 Å². The predicted molar refractivity (Wildman–Crippen MR) is 183 cm³/mol. The van der Waals surface area contributed by atoms with Gasteiger partial charge in [0.2, 0.25) is 0 Å². The molecule has 0 unspecified atom stereocenters. The van der Waals surface area contributed by atoms with Crippen LogP contribution in [0.2, 0.25) is 0 Å². The standard InChI is InChI=1S/C41H28S/c1-41(2)35-22-26(20-21-27(35)33-24-38-34(23-36(33)41)28-14-10-11-19-37(28)42-38)40-31-17-8-6-15-29(31)39(25-12-4-3-5-13-25)30-16-7-9-18-32(30)40/h3-24H,1-2H3. The van der Waals surface area contributed by atoms with E-state index >= 15 is 0 Å². The molecule has 0 bridgehead atoms. The first-order valence-corrected chi connectivity index (χ1v) is 15.5. The third-order valence-electron chi connectivity index (χ3n) is 9.46. The zero-order valence-corrected chi connectivity index (χ0v) is 24.4. The van der Waals surface area contributed by atoms with Crippen LogP contribution in [0.5, 0.6) is 0 Å². The second kappa shape index (κ2) is 8.64. The van der Waals surface area contributed by atoms with Crippen molar-refractivity contribution in [2.75, 3.05) is 0 Å². The number of thiophene rings is 1. The first-order chi connectivity index (χ1) is 20.6. The van der Waals surface area contributed by atoms with Crippen LogP contribution in [-0.4, -0.2) is 0 Å². The maximum absolute atomic E-state index is 2.48. The summed E-state index contributed by atoms with van der Waals surface area (Å²) >= 11 is 1.90. The van der Waals surface area contributed by atoms with Gasteiger partial charge in [-0.1, -0.05) is 123 Å². The normalized spacial score (nSPS) is 13.7. The van der Waals surface area contributed by atoms with Crippen molar-refractivity contribution in [2.24, 2.45) is 0 Å². The molecule has 0 radical (unpaired) electrons. The van der Waals surface area contributed by atoms with Gasteiger partial charge in [-0.15, -0.1) is 11.3 Å². The minimum atomic E-state index is -0.0898. The Labute approximate surface area is 249 Å². The highest BCUT2D eigenvalue weighted by molar-refractivity contribution is 7.25. The average molecular weight is 553 g/mol. The number of hydrogen-bond acceptors (Lipinski definition) is 1. The highest BCUT2D eigenvalue weighted by Crippen LogP contribution is 2.53. The van der Waals surface area contributed by atoms with Crippen molar-refractivity contribution >= 4 is 53.1 Å². The minimum absolute atomic E-state index is 0.0898. The Morgan fingerprint density at radius 2 is 0.952 bits per heavy atom. The lowest BCUT2D eigenvalue weighted by atomic mass is 9.80. The van der Waals surface area contributed by atoms with Gasteiger partial charge in [0.15, 0.2) is 0 Å². The maximum Gasteiger partial charge on any atom is 0.0361 e. The molecule has 8 aromatic rings. The van der Waals surface area contributed by atoms with E-state index in [4.69, 9.17) is 0 Å². The van der Waals surface area contributed by atoms with Gasteiger partial charge in [-0.2, -0.15) is 0 Å². The fourth-order valence-electron chi connectivity index (χ4n) is 7.46. The Morgan fingerprint density at radius 1 is 0.405 bits per heavy atom. The molecule has 0 spiro atoms. The Bertz CT molecular complexity index is 2310. The average Bonchev–Trinajstić information content (AvgIpc) is 3.50. The van der Waals surface area contributed by atoms with Gasteiger partial charge in [0.05, 0.1) is 0 Å². The van der Waals surface area contributed by atoms with E-state index in [0.717, 1.165) is 0 Å². The van der Waals surface area contributed by atoms with Crippen LogP contribution in [0.15, 0.2) is 133 Å². The van der Waals surface area contributed by atoms with E-state index in [1.54, 1.807) is 0 Å². The van der Waals surface area contributed by atoms with Crippen LogP contribution in [0.25, 0.3) is 75.1 Å². The third-order valence-corrected chi connectivity index (χ3v) is 10.6. The van der Waals surface area contributed by atoms with Crippen molar-refractivity contribution in [3.63, 3.8) is 0 Å². The van der Waals surface area contributed by atoms with Gasteiger partial charge in [0.25, 0.3) is 0 Å². The lowest BCUT2D eigenvalue weighted by Gasteiger charge is -2.23. The molecule has 1 heteroatoms. The smallest absolute Gasteiger partial charge is 0.0361 e. The van der Waals surface area contributed by atoms with E-state index in [1.165, 1.54) is 86.2 Å². The summed E-state index contributed by atoms with van der Waals surface area (Å²) in [6.45, 7) is 4.80. The first kappa shape index (κ1) is 23.9. The van der Waals surface area contributed by atoms with Crippen LogP contribution in [-0.2, 0) is 5.41 Å². The van der Waals surface area contributed by atoms with Crippen LogP contribution in [0, 0.1) is 0 Å². The number of hydrogen-bond donors (Lipinski definition) is 0. The van der Waals surface area contributed by atoms with E-state index in [-0.39, 0.29) is 5.41 Å². The fraction of sp³-hybridized carbons (Fsp3) is 0.0732. The fourth-order valence-corrected chi connectivity index (χ4v) is 8.59. The molecule has 1 heterocycles. The topological polar surface area (TPSA) is 0 Å². The second-order valence-corrected chi connectivity index (χ2v) is 13.2.